The Kier molecular flexibility index (Phi) is 2.66. The second-order valence-corrected chi connectivity index (χ2v) is 3.71. The summed E-state index contributed by atoms with van der Waals surface area (Å²) in [5, 5.41) is 9.21. The number of aliphatic hydroxyl groups is 1. The van der Waals surface area contributed by atoms with Crippen molar-refractivity contribution in [2.75, 3.05) is 0 Å². The van der Waals surface area contributed by atoms with Crippen LogP contribution in [0.4, 0.5) is 0 Å². The molecule has 16 heavy (non-hydrogen) atoms. The Morgan fingerprint density at radius 3 is 2.38 bits per heavy atom. The van der Waals surface area contributed by atoms with Crippen molar-refractivity contribution in [3.05, 3.63) is 51.9 Å². The molecule has 0 fully saturated rings. The van der Waals surface area contributed by atoms with Crippen molar-refractivity contribution in [2.24, 2.45) is 7.05 Å². The molecular formula is C12H14N2O2. The lowest BCUT2D eigenvalue weighted by Crippen LogP contribution is -2.20. The molecule has 0 aliphatic carbocycles. The molecule has 1 N–H and O–H groups in total. The van der Waals surface area contributed by atoms with Crippen LogP contribution in [0.2, 0.25) is 0 Å². The predicted molar refractivity (Wildman–Crippen MR) is 61.7 cm³/mol. The van der Waals surface area contributed by atoms with E-state index in [0.29, 0.717) is 11.3 Å². The Morgan fingerprint density at radius 1 is 1.25 bits per heavy atom. The molecule has 4 heteroatoms. The minimum Gasteiger partial charge on any atom is -0.390 e. The Labute approximate surface area is 93.4 Å². The van der Waals surface area contributed by atoms with Crippen LogP contribution in [0.1, 0.15) is 11.3 Å². The van der Waals surface area contributed by atoms with Gasteiger partial charge < -0.3 is 5.11 Å². The van der Waals surface area contributed by atoms with Gasteiger partial charge in [0.1, 0.15) is 0 Å². The van der Waals surface area contributed by atoms with Crippen molar-refractivity contribution in [1.82, 2.24) is 9.36 Å². The van der Waals surface area contributed by atoms with Gasteiger partial charge in [0.2, 0.25) is 0 Å². The maximum Gasteiger partial charge on any atom is 0.274 e. The van der Waals surface area contributed by atoms with Gasteiger partial charge in [-0.05, 0) is 19.1 Å². The van der Waals surface area contributed by atoms with E-state index in [4.69, 9.17) is 0 Å². The Morgan fingerprint density at radius 2 is 1.88 bits per heavy atom. The lowest BCUT2D eigenvalue weighted by molar-refractivity contribution is 0.268. The topological polar surface area (TPSA) is 47.2 Å². The second kappa shape index (κ2) is 3.98. The van der Waals surface area contributed by atoms with Crippen molar-refractivity contribution < 1.29 is 5.11 Å². The predicted octanol–water partition coefficient (Wildman–Crippen LogP) is 0.977. The van der Waals surface area contributed by atoms with Crippen LogP contribution in [-0.2, 0) is 13.7 Å². The molecule has 0 saturated carbocycles. The molecule has 2 aromatic rings. The summed E-state index contributed by atoms with van der Waals surface area (Å²) in [6.45, 7) is 1.60. The number of para-hydroxylation sites is 1. The van der Waals surface area contributed by atoms with E-state index in [9.17, 15) is 9.90 Å². The summed E-state index contributed by atoms with van der Waals surface area (Å²) in [5.41, 5.74) is 1.96. The van der Waals surface area contributed by atoms with Crippen LogP contribution >= 0.6 is 0 Å². The van der Waals surface area contributed by atoms with Gasteiger partial charge in [-0.1, -0.05) is 18.2 Å². The van der Waals surface area contributed by atoms with Gasteiger partial charge in [0.05, 0.1) is 18.0 Å². The summed E-state index contributed by atoms with van der Waals surface area (Å²) in [6.07, 6.45) is 0. The summed E-state index contributed by atoms with van der Waals surface area (Å²) < 4.78 is 3.24. The summed E-state index contributed by atoms with van der Waals surface area (Å²) in [4.78, 5) is 12.0. The van der Waals surface area contributed by atoms with Crippen LogP contribution in [0.5, 0.6) is 0 Å². The monoisotopic (exact) mass is 218 g/mol. The first-order valence-corrected chi connectivity index (χ1v) is 5.10. The van der Waals surface area contributed by atoms with Crippen molar-refractivity contribution >= 4 is 0 Å². The molecule has 2 rings (SSSR count). The largest absolute Gasteiger partial charge is 0.390 e. The number of aromatic nitrogens is 2. The van der Waals surface area contributed by atoms with E-state index in [1.165, 1.54) is 0 Å². The lowest BCUT2D eigenvalue weighted by atomic mass is 10.3. The van der Waals surface area contributed by atoms with Gasteiger partial charge in [-0.25, -0.2) is 4.68 Å². The molecular weight excluding hydrogens is 204 g/mol. The molecule has 0 amide bonds. The highest BCUT2D eigenvalue weighted by atomic mass is 16.3. The van der Waals surface area contributed by atoms with E-state index in [-0.39, 0.29) is 12.2 Å². The number of nitrogens with zero attached hydrogens (tertiary/aromatic N) is 2. The number of hydrogen-bond donors (Lipinski definition) is 1. The highest BCUT2D eigenvalue weighted by molar-refractivity contribution is 5.33. The van der Waals surface area contributed by atoms with Gasteiger partial charge in [-0.2, -0.15) is 0 Å². The summed E-state index contributed by atoms with van der Waals surface area (Å²) >= 11 is 0. The molecule has 1 aromatic carbocycles. The summed E-state index contributed by atoms with van der Waals surface area (Å²) in [6, 6.07) is 9.38. The minimum atomic E-state index is -0.128. The highest BCUT2D eigenvalue weighted by Crippen LogP contribution is 2.09. The molecule has 0 radical (unpaired) electrons. The fourth-order valence-electron chi connectivity index (χ4n) is 1.86. The molecule has 0 unspecified atom stereocenters. The van der Waals surface area contributed by atoms with E-state index in [2.05, 4.69) is 0 Å². The van der Waals surface area contributed by atoms with Crippen LogP contribution in [0.15, 0.2) is 35.1 Å². The number of hydrogen-bond acceptors (Lipinski definition) is 2. The van der Waals surface area contributed by atoms with Gasteiger partial charge in [0.25, 0.3) is 5.56 Å². The van der Waals surface area contributed by atoms with Crippen LogP contribution in [0.3, 0.4) is 0 Å². The third-order valence-electron chi connectivity index (χ3n) is 2.79. The van der Waals surface area contributed by atoms with Gasteiger partial charge in [-0.15, -0.1) is 0 Å². The molecule has 0 aliphatic rings. The molecule has 0 atom stereocenters. The standard InChI is InChI=1S/C12H14N2O2/c1-9-11(8-15)13(2)14(12(9)16)10-6-4-3-5-7-10/h3-7,15H,8H2,1-2H3. The SMILES string of the molecule is Cc1c(CO)n(C)n(-c2ccccc2)c1=O. The molecule has 1 heterocycles. The smallest absolute Gasteiger partial charge is 0.274 e. The first kappa shape index (κ1) is 10.7. The fraction of sp³-hybridized carbons (Fsp3) is 0.250. The van der Waals surface area contributed by atoms with Crippen molar-refractivity contribution in [3.8, 4) is 5.69 Å². The van der Waals surface area contributed by atoms with Crippen LogP contribution in [0.25, 0.3) is 5.69 Å². The minimum absolute atomic E-state index is 0.0854. The molecule has 1 aromatic heterocycles. The van der Waals surface area contributed by atoms with Gasteiger partial charge in [0.15, 0.2) is 0 Å². The maximum atomic E-state index is 12.0. The van der Waals surface area contributed by atoms with Crippen molar-refractivity contribution in [1.29, 1.82) is 0 Å². The third kappa shape index (κ3) is 1.47. The molecule has 84 valence electrons. The average Bonchev–Trinajstić information content (AvgIpc) is 2.51. The zero-order chi connectivity index (χ0) is 11.7. The van der Waals surface area contributed by atoms with E-state index in [0.717, 1.165) is 5.69 Å². The number of benzene rings is 1. The van der Waals surface area contributed by atoms with Crippen molar-refractivity contribution in [2.45, 2.75) is 13.5 Å². The Hall–Kier alpha value is -1.81. The second-order valence-electron chi connectivity index (χ2n) is 3.71. The lowest BCUT2D eigenvalue weighted by Gasteiger charge is -2.08. The van der Waals surface area contributed by atoms with E-state index in [1.807, 2.05) is 30.3 Å². The van der Waals surface area contributed by atoms with E-state index in [1.54, 1.807) is 23.3 Å². The fourth-order valence-corrected chi connectivity index (χ4v) is 1.86. The molecule has 0 saturated heterocycles. The van der Waals surface area contributed by atoms with Gasteiger partial charge >= 0.3 is 0 Å². The van der Waals surface area contributed by atoms with Gasteiger partial charge in [-0.3, -0.25) is 9.48 Å². The summed E-state index contributed by atoms with van der Waals surface area (Å²) in [7, 11) is 1.77. The zero-order valence-corrected chi connectivity index (χ0v) is 9.34. The normalized spacial score (nSPS) is 10.7. The first-order chi connectivity index (χ1) is 7.66. The average molecular weight is 218 g/mol. The first-order valence-electron chi connectivity index (χ1n) is 5.10. The Balaban J connectivity index is 2.72. The summed E-state index contributed by atoms with van der Waals surface area (Å²) in [5.74, 6) is 0. The maximum absolute atomic E-state index is 12.0. The van der Waals surface area contributed by atoms with Crippen LogP contribution in [0, 0.1) is 6.92 Å². The molecule has 0 spiro atoms. The number of aliphatic hydroxyl groups excluding tert-OH is 1. The van der Waals surface area contributed by atoms with Crippen molar-refractivity contribution in [3.63, 3.8) is 0 Å². The van der Waals surface area contributed by atoms with Crippen LogP contribution in [-0.4, -0.2) is 14.5 Å². The molecule has 4 nitrogen and oxygen atoms in total. The third-order valence-corrected chi connectivity index (χ3v) is 2.79. The quantitative estimate of drug-likeness (QED) is 0.816. The highest BCUT2D eigenvalue weighted by Gasteiger charge is 2.13. The molecule has 0 bridgehead atoms. The number of rotatable bonds is 2. The Bertz CT molecular complexity index is 552. The molecule has 0 aliphatic heterocycles. The zero-order valence-electron chi connectivity index (χ0n) is 9.34. The van der Waals surface area contributed by atoms with E-state index < -0.39 is 0 Å². The van der Waals surface area contributed by atoms with E-state index >= 15 is 0 Å². The van der Waals surface area contributed by atoms with Gasteiger partial charge in [0, 0.05) is 12.6 Å². The van der Waals surface area contributed by atoms with Crippen LogP contribution < -0.4 is 5.56 Å².